The van der Waals surface area contributed by atoms with Crippen molar-refractivity contribution in [2.24, 2.45) is 0 Å². The average molecular weight is 308 g/mol. The molecule has 2 rings (SSSR count). The van der Waals surface area contributed by atoms with Gasteiger partial charge in [0.1, 0.15) is 0 Å². The highest BCUT2D eigenvalue weighted by molar-refractivity contribution is 6.43. The second-order valence-electron chi connectivity index (χ2n) is 4.96. The monoisotopic (exact) mass is 307 g/mol. The lowest BCUT2D eigenvalue weighted by Gasteiger charge is -2.13. The molecule has 0 radical (unpaired) electrons. The summed E-state index contributed by atoms with van der Waals surface area (Å²) in [6.07, 6.45) is 1.03. The van der Waals surface area contributed by atoms with E-state index < -0.39 is 0 Å². The standard InChI is InChI=1S/C17H19Cl2N/c1-3-20-12(2)11-13-7-9-14(10-8-13)15-5-4-6-16(18)17(15)19/h4-10,12,20H,3,11H2,1-2H3. The van der Waals surface area contributed by atoms with Gasteiger partial charge in [-0.2, -0.15) is 0 Å². The van der Waals surface area contributed by atoms with Crippen LogP contribution in [0.25, 0.3) is 11.1 Å². The fourth-order valence-electron chi connectivity index (χ4n) is 2.32. The summed E-state index contributed by atoms with van der Waals surface area (Å²) in [5, 5.41) is 4.62. The summed E-state index contributed by atoms with van der Waals surface area (Å²) in [7, 11) is 0. The summed E-state index contributed by atoms with van der Waals surface area (Å²) in [5.41, 5.74) is 3.39. The number of benzene rings is 2. The Balaban J connectivity index is 2.18. The van der Waals surface area contributed by atoms with Gasteiger partial charge in [-0.25, -0.2) is 0 Å². The summed E-state index contributed by atoms with van der Waals surface area (Å²) < 4.78 is 0. The van der Waals surface area contributed by atoms with E-state index in [9.17, 15) is 0 Å². The van der Waals surface area contributed by atoms with Crippen LogP contribution in [0.2, 0.25) is 10.0 Å². The van der Waals surface area contributed by atoms with Crippen molar-refractivity contribution in [3.05, 3.63) is 58.1 Å². The van der Waals surface area contributed by atoms with Gasteiger partial charge in [-0.15, -0.1) is 0 Å². The van der Waals surface area contributed by atoms with Gasteiger partial charge in [-0.3, -0.25) is 0 Å². The third kappa shape index (κ3) is 3.76. The molecule has 0 bridgehead atoms. The molecule has 0 saturated carbocycles. The van der Waals surface area contributed by atoms with E-state index in [0.29, 0.717) is 16.1 Å². The Kier molecular flexibility index (Phi) is 5.47. The zero-order valence-corrected chi connectivity index (χ0v) is 13.3. The van der Waals surface area contributed by atoms with Gasteiger partial charge < -0.3 is 5.32 Å². The maximum Gasteiger partial charge on any atom is 0.0670 e. The van der Waals surface area contributed by atoms with Crippen LogP contribution in [0.4, 0.5) is 0 Å². The number of hydrogen-bond acceptors (Lipinski definition) is 1. The van der Waals surface area contributed by atoms with Gasteiger partial charge >= 0.3 is 0 Å². The first-order valence-corrected chi connectivity index (χ1v) is 7.64. The number of hydrogen-bond donors (Lipinski definition) is 1. The van der Waals surface area contributed by atoms with Gasteiger partial charge in [0.15, 0.2) is 0 Å². The van der Waals surface area contributed by atoms with Crippen molar-refractivity contribution in [1.29, 1.82) is 0 Å². The number of rotatable bonds is 5. The molecular weight excluding hydrogens is 289 g/mol. The van der Waals surface area contributed by atoms with Crippen LogP contribution in [0.3, 0.4) is 0 Å². The van der Waals surface area contributed by atoms with Crippen molar-refractivity contribution >= 4 is 23.2 Å². The first-order chi connectivity index (χ1) is 9.61. The molecule has 2 aromatic carbocycles. The summed E-state index contributed by atoms with van der Waals surface area (Å²) in [6, 6.07) is 14.7. The molecule has 0 aliphatic carbocycles. The Morgan fingerprint density at radius 3 is 2.40 bits per heavy atom. The van der Waals surface area contributed by atoms with E-state index in [1.54, 1.807) is 6.07 Å². The SMILES string of the molecule is CCNC(C)Cc1ccc(-c2cccc(Cl)c2Cl)cc1. The van der Waals surface area contributed by atoms with Crippen LogP contribution in [-0.2, 0) is 6.42 Å². The van der Waals surface area contributed by atoms with E-state index in [4.69, 9.17) is 23.2 Å². The van der Waals surface area contributed by atoms with Gasteiger partial charge in [-0.1, -0.05) is 66.5 Å². The third-order valence-electron chi connectivity index (χ3n) is 3.31. The summed E-state index contributed by atoms with van der Waals surface area (Å²) in [4.78, 5) is 0. The normalized spacial score (nSPS) is 12.4. The molecule has 0 amide bonds. The van der Waals surface area contributed by atoms with Crippen molar-refractivity contribution < 1.29 is 0 Å². The lowest BCUT2D eigenvalue weighted by molar-refractivity contribution is 0.565. The zero-order valence-electron chi connectivity index (χ0n) is 11.8. The molecule has 0 aliphatic heterocycles. The quantitative estimate of drug-likeness (QED) is 0.800. The van der Waals surface area contributed by atoms with Gasteiger partial charge in [0.2, 0.25) is 0 Å². The molecule has 1 N–H and O–H groups in total. The van der Waals surface area contributed by atoms with E-state index in [1.807, 2.05) is 12.1 Å². The average Bonchev–Trinajstić information content (AvgIpc) is 2.43. The van der Waals surface area contributed by atoms with Gasteiger partial charge in [0, 0.05) is 11.6 Å². The smallest absolute Gasteiger partial charge is 0.0670 e. The molecule has 106 valence electrons. The third-order valence-corrected chi connectivity index (χ3v) is 4.13. The molecule has 0 saturated heterocycles. The molecule has 0 aliphatic rings. The van der Waals surface area contributed by atoms with Gasteiger partial charge in [0.05, 0.1) is 10.0 Å². The van der Waals surface area contributed by atoms with Crippen molar-refractivity contribution in [2.75, 3.05) is 6.54 Å². The van der Waals surface area contributed by atoms with Crippen molar-refractivity contribution in [3.8, 4) is 11.1 Å². The largest absolute Gasteiger partial charge is 0.314 e. The van der Waals surface area contributed by atoms with E-state index >= 15 is 0 Å². The minimum absolute atomic E-state index is 0.487. The molecule has 0 spiro atoms. The fraction of sp³-hybridized carbons (Fsp3) is 0.294. The van der Waals surface area contributed by atoms with E-state index in [1.165, 1.54) is 5.56 Å². The minimum Gasteiger partial charge on any atom is -0.314 e. The van der Waals surface area contributed by atoms with Crippen LogP contribution in [0.15, 0.2) is 42.5 Å². The maximum absolute atomic E-state index is 6.25. The van der Waals surface area contributed by atoms with Crippen LogP contribution < -0.4 is 5.32 Å². The van der Waals surface area contributed by atoms with Crippen LogP contribution in [-0.4, -0.2) is 12.6 Å². The van der Waals surface area contributed by atoms with Crippen LogP contribution in [0, 0.1) is 0 Å². The Morgan fingerprint density at radius 1 is 1.05 bits per heavy atom. The second-order valence-corrected chi connectivity index (χ2v) is 5.75. The topological polar surface area (TPSA) is 12.0 Å². The zero-order chi connectivity index (χ0) is 14.5. The molecule has 3 heteroatoms. The molecule has 1 unspecified atom stereocenters. The molecule has 20 heavy (non-hydrogen) atoms. The molecule has 0 heterocycles. The van der Waals surface area contributed by atoms with Gasteiger partial charge in [0.25, 0.3) is 0 Å². The minimum atomic E-state index is 0.487. The molecule has 0 fully saturated rings. The fourth-order valence-corrected chi connectivity index (χ4v) is 2.73. The lowest BCUT2D eigenvalue weighted by atomic mass is 10.0. The number of halogens is 2. The molecule has 1 nitrogen and oxygen atoms in total. The Hall–Kier alpha value is -1.02. The van der Waals surface area contributed by atoms with Crippen molar-refractivity contribution in [1.82, 2.24) is 5.32 Å². The summed E-state index contributed by atoms with van der Waals surface area (Å²) >= 11 is 12.3. The van der Waals surface area contributed by atoms with Crippen molar-refractivity contribution in [2.45, 2.75) is 26.3 Å². The molecule has 0 aromatic heterocycles. The molecule has 2 aromatic rings. The highest BCUT2D eigenvalue weighted by Crippen LogP contribution is 2.33. The summed E-state index contributed by atoms with van der Waals surface area (Å²) in [5.74, 6) is 0. The highest BCUT2D eigenvalue weighted by Gasteiger charge is 2.07. The first-order valence-electron chi connectivity index (χ1n) is 6.88. The van der Waals surface area contributed by atoms with Crippen LogP contribution in [0.1, 0.15) is 19.4 Å². The predicted molar refractivity (Wildman–Crippen MR) is 88.7 cm³/mol. The van der Waals surface area contributed by atoms with Gasteiger partial charge in [-0.05, 0) is 37.1 Å². The van der Waals surface area contributed by atoms with Crippen molar-refractivity contribution in [3.63, 3.8) is 0 Å². The molecular formula is C17H19Cl2N. The first kappa shape index (κ1) is 15.4. The van der Waals surface area contributed by atoms with E-state index in [0.717, 1.165) is 24.1 Å². The number of nitrogens with one attached hydrogen (secondary N) is 1. The lowest BCUT2D eigenvalue weighted by Crippen LogP contribution is -2.27. The molecule has 1 atom stereocenters. The Bertz CT molecular complexity index is 564. The van der Waals surface area contributed by atoms with Crippen LogP contribution >= 0.6 is 23.2 Å². The second kappa shape index (κ2) is 7.12. The predicted octanol–water partition coefficient (Wildman–Crippen LogP) is 5.20. The summed E-state index contributed by atoms with van der Waals surface area (Å²) in [6.45, 7) is 5.32. The Labute approximate surface area is 130 Å². The van der Waals surface area contributed by atoms with E-state index in [2.05, 4.69) is 43.4 Å². The van der Waals surface area contributed by atoms with Crippen LogP contribution in [0.5, 0.6) is 0 Å². The maximum atomic E-state index is 6.25. The Morgan fingerprint density at radius 2 is 1.75 bits per heavy atom. The number of likely N-dealkylation sites (N-methyl/N-ethyl adjacent to an activating group) is 1. The van der Waals surface area contributed by atoms with E-state index in [-0.39, 0.29) is 0 Å². The highest BCUT2D eigenvalue weighted by atomic mass is 35.5.